The van der Waals surface area contributed by atoms with Crippen LogP contribution in [0.15, 0.2) is 27.9 Å². The SMILES string of the molecule is NC1CCN(S(=O)(=O)c2ccc3[nH]c(=O)[nH]c3c2)CC1. The van der Waals surface area contributed by atoms with Crippen LogP contribution < -0.4 is 11.4 Å². The predicted molar refractivity (Wildman–Crippen MR) is 74.9 cm³/mol. The zero-order chi connectivity index (χ0) is 14.3. The van der Waals surface area contributed by atoms with Crippen molar-refractivity contribution in [2.24, 2.45) is 5.73 Å². The van der Waals surface area contributed by atoms with E-state index >= 15 is 0 Å². The monoisotopic (exact) mass is 296 g/mol. The van der Waals surface area contributed by atoms with Crippen LogP contribution in [0.4, 0.5) is 0 Å². The molecule has 0 atom stereocenters. The van der Waals surface area contributed by atoms with E-state index in [1.165, 1.54) is 16.4 Å². The molecule has 8 heteroatoms. The molecule has 2 heterocycles. The average molecular weight is 296 g/mol. The first-order valence-corrected chi connectivity index (χ1v) is 7.88. The number of aromatic amines is 2. The summed E-state index contributed by atoms with van der Waals surface area (Å²) in [4.78, 5) is 16.5. The molecule has 1 fully saturated rings. The molecule has 108 valence electrons. The summed E-state index contributed by atoms with van der Waals surface area (Å²) in [5, 5.41) is 0. The second-order valence-corrected chi connectivity index (χ2v) is 6.97. The number of nitrogens with zero attached hydrogens (tertiary/aromatic N) is 1. The number of rotatable bonds is 2. The number of nitrogens with one attached hydrogen (secondary N) is 2. The van der Waals surface area contributed by atoms with E-state index in [9.17, 15) is 13.2 Å². The van der Waals surface area contributed by atoms with Crippen LogP contribution in [-0.4, -0.2) is 41.8 Å². The highest BCUT2D eigenvalue weighted by Gasteiger charge is 2.28. The van der Waals surface area contributed by atoms with Crippen molar-refractivity contribution >= 4 is 21.1 Å². The molecular weight excluding hydrogens is 280 g/mol. The summed E-state index contributed by atoms with van der Waals surface area (Å²) in [6.45, 7) is 0.871. The van der Waals surface area contributed by atoms with Gasteiger partial charge in [-0.3, -0.25) is 0 Å². The van der Waals surface area contributed by atoms with Gasteiger partial charge in [0.1, 0.15) is 0 Å². The van der Waals surface area contributed by atoms with Gasteiger partial charge < -0.3 is 15.7 Å². The highest BCUT2D eigenvalue weighted by atomic mass is 32.2. The second kappa shape index (κ2) is 4.72. The summed E-state index contributed by atoms with van der Waals surface area (Å²) in [6.07, 6.45) is 1.34. The minimum atomic E-state index is -3.53. The van der Waals surface area contributed by atoms with Crippen LogP contribution in [0.5, 0.6) is 0 Å². The maximum atomic E-state index is 12.5. The molecule has 1 aliphatic rings. The highest BCUT2D eigenvalue weighted by molar-refractivity contribution is 7.89. The Morgan fingerprint density at radius 2 is 1.80 bits per heavy atom. The number of nitrogens with two attached hydrogens (primary N) is 1. The molecule has 0 aliphatic carbocycles. The lowest BCUT2D eigenvalue weighted by Gasteiger charge is -2.29. The Morgan fingerprint density at radius 1 is 1.15 bits per heavy atom. The topological polar surface area (TPSA) is 112 Å². The average Bonchev–Trinajstić information content (AvgIpc) is 2.78. The first-order valence-electron chi connectivity index (χ1n) is 6.44. The van der Waals surface area contributed by atoms with Crippen LogP contribution in [0.3, 0.4) is 0 Å². The fourth-order valence-corrected chi connectivity index (χ4v) is 3.93. The third-order valence-corrected chi connectivity index (χ3v) is 5.52. The smallest absolute Gasteiger partial charge is 0.323 e. The summed E-state index contributed by atoms with van der Waals surface area (Å²) in [7, 11) is -3.53. The van der Waals surface area contributed by atoms with Crippen molar-refractivity contribution in [2.75, 3.05) is 13.1 Å². The van der Waals surface area contributed by atoms with E-state index in [0.29, 0.717) is 37.0 Å². The largest absolute Gasteiger partial charge is 0.328 e. The molecule has 1 aliphatic heterocycles. The van der Waals surface area contributed by atoms with Crippen LogP contribution in [-0.2, 0) is 10.0 Å². The maximum absolute atomic E-state index is 12.5. The van der Waals surface area contributed by atoms with Crippen LogP contribution in [0.2, 0.25) is 0 Å². The van der Waals surface area contributed by atoms with Crippen molar-refractivity contribution in [3.05, 3.63) is 28.7 Å². The molecular formula is C12H16N4O3S. The molecule has 7 nitrogen and oxygen atoms in total. The van der Waals surface area contributed by atoms with Gasteiger partial charge in [-0.05, 0) is 31.0 Å². The van der Waals surface area contributed by atoms with Gasteiger partial charge in [0.15, 0.2) is 0 Å². The Bertz CT molecular complexity index is 784. The molecule has 20 heavy (non-hydrogen) atoms. The molecule has 1 aromatic carbocycles. The lowest BCUT2D eigenvalue weighted by atomic mass is 10.1. The molecule has 0 amide bonds. The van der Waals surface area contributed by atoms with E-state index in [4.69, 9.17) is 5.73 Å². The number of piperidine rings is 1. The summed E-state index contributed by atoms with van der Waals surface area (Å²) >= 11 is 0. The Hall–Kier alpha value is -1.64. The minimum absolute atomic E-state index is 0.0740. The Balaban J connectivity index is 1.98. The summed E-state index contributed by atoms with van der Waals surface area (Å²) in [5.74, 6) is 0. The van der Waals surface area contributed by atoms with Crippen LogP contribution in [0.25, 0.3) is 11.0 Å². The van der Waals surface area contributed by atoms with Gasteiger partial charge in [0.25, 0.3) is 0 Å². The van der Waals surface area contributed by atoms with Crippen molar-refractivity contribution in [3.63, 3.8) is 0 Å². The van der Waals surface area contributed by atoms with Crippen molar-refractivity contribution in [3.8, 4) is 0 Å². The van der Waals surface area contributed by atoms with E-state index in [1.807, 2.05) is 0 Å². The van der Waals surface area contributed by atoms with Gasteiger partial charge in [-0.2, -0.15) is 4.31 Å². The van der Waals surface area contributed by atoms with Crippen LogP contribution in [0.1, 0.15) is 12.8 Å². The number of benzene rings is 1. The number of sulfonamides is 1. The summed E-state index contributed by atoms with van der Waals surface area (Å²) < 4.78 is 26.5. The number of hydrogen-bond donors (Lipinski definition) is 3. The zero-order valence-electron chi connectivity index (χ0n) is 10.8. The van der Waals surface area contributed by atoms with Crippen LogP contribution in [0, 0.1) is 0 Å². The quantitative estimate of drug-likeness (QED) is 0.722. The molecule has 0 saturated carbocycles. The lowest BCUT2D eigenvalue weighted by molar-refractivity contribution is 0.320. The summed E-state index contributed by atoms with van der Waals surface area (Å²) in [5.41, 5.74) is 6.52. The van der Waals surface area contributed by atoms with E-state index in [2.05, 4.69) is 9.97 Å². The number of imidazole rings is 1. The normalized spacial score (nSPS) is 18.6. The lowest BCUT2D eigenvalue weighted by Crippen LogP contribution is -2.42. The standard InChI is InChI=1S/C12H16N4O3S/c13-8-3-5-16(6-4-8)20(18,19)9-1-2-10-11(7-9)15-12(17)14-10/h1-2,7-8H,3-6,13H2,(H2,14,15,17). The molecule has 2 aromatic rings. The zero-order valence-corrected chi connectivity index (χ0v) is 11.6. The minimum Gasteiger partial charge on any atom is -0.328 e. The molecule has 3 rings (SSSR count). The van der Waals surface area contributed by atoms with Crippen molar-refractivity contribution in [1.29, 1.82) is 0 Å². The highest BCUT2D eigenvalue weighted by Crippen LogP contribution is 2.22. The molecule has 0 spiro atoms. The van der Waals surface area contributed by atoms with Crippen molar-refractivity contribution in [2.45, 2.75) is 23.8 Å². The number of hydrogen-bond acceptors (Lipinski definition) is 4. The first-order chi connectivity index (χ1) is 9.46. The third-order valence-electron chi connectivity index (χ3n) is 3.62. The molecule has 0 radical (unpaired) electrons. The van der Waals surface area contributed by atoms with Gasteiger partial charge in [0.05, 0.1) is 15.9 Å². The van der Waals surface area contributed by atoms with E-state index in [1.54, 1.807) is 6.07 Å². The van der Waals surface area contributed by atoms with Crippen LogP contribution >= 0.6 is 0 Å². The number of H-pyrrole nitrogens is 2. The van der Waals surface area contributed by atoms with Gasteiger partial charge in [0.2, 0.25) is 10.0 Å². The van der Waals surface area contributed by atoms with Gasteiger partial charge >= 0.3 is 5.69 Å². The van der Waals surface area contributed by atoms with E-state index in [-0.39, 0.29) is 16.6 Å². The number of fused-ring (bicyclic) bond motifs is 1. The third kappa shape index (κ3) is 2.26. The Kier molecular flexibility index (Phi) is 3.15. The maximum Gasteiger partial charge on any atom is 0.323 e. The predicted octanol–water partition coefficient (Wildman–Crippen LogP) is -0.0320. The molecule has 0 unspecified atom stereocenters. The fraction of sp³-hybridized carbons (Fsp3) is 0.417. The van der Waals surface area contributed by atoms with Gasteiger partial charge in [-0.1, -0.05) is 0 Å². The van der Waals surface area contributed by atoms with E-state index < -0.39 is 10.0 Å². The fourth-order valence-electron chi connectivity index (χ4n) is 2.44. The van der Waals surface area contributed by atoms with Crippen molar-refractivity contribution < 1.29 is 8.42 Å². The van der Waals surface area contributed by atoms with Crippen molar-refractivity contribution in [1.82, 2.24) is 14.3 Å². The van der Waals surface area contributed by atoms with E-state index in [0.717, 1.165) is 0 Å². The Morgan fingerprint density at radius 3 is 2.50 bits per heavy atom. The second-order valence-electron chi connectivity index (χ2n) is 5.03. The van der Waals surface area contributed by atoms with Gasteiger partial charge in [-0.25, -0.2) is 13.2 Å². The number of aromatic nitrogens is 2. The molecule has 1 saturated heterocycles. The van der Waals surface area contributed by atoms with Gasteiger partial charge in [-0.15, -0.1) is 0 Å². The summed E-state index contributed by atoms with van der Waals surface area (Å²) in [6, 6.07) is 4.66. The first kappa shape index (κ1) is 13.3. The van der Waals surface area contributed by atoms with Gasteiger partial charge in [0, 0.05) is 19.1 Å². The molecule has 4 N–H and O–H groups in total. The molecule has 1 aromatic heterocycles. The molecule has 0 bridgehead atoms. The Labute approximate surface area is 115 Å².